The summed E-state index contributed by atoms with van der Waals surface area (Å²) in [5, 5.41) is 13.3. The predicted octanol–water partition coefficient (Wildman–Crippen LogP) is 3.01. The number of carboxylic acid groups (broad SMARTS) is 1. The third-order valence-corrected chi connectivity index (χ3v) is 4.32. The van der Waals surface area contributed by atoms with Crippen LogP contribution < -0.4 is 11.0 Å². The fourth-order valence-electron chi connectivity index (χ4n) is 2.56. The maximum Gasteiger partial charge on any atom is 0.335 e. The van der Waals surface area contributed by atoms with E-state index in [1.165, 1.54) is 29.0 Å². The predicted molar refractivity (Wildman–Crippen MR) is 110 cm³/mol. The minimum absolute atomic E-state index is 0.0418. The van der Waals surface area contributed by atoms with Gasteiger partial charge in [0.15, 0.2) is 0 Å². The largest absolute Gasteiger partial charge is 0.478 e. The Kier molecular flexibility index (Phi) is 6.21. The molecule has 2 aromatic carbocycles. The summed E-state index contributed by atoms with van der Waals surface area (Å²) < 4.78 is 1.42. The van der Waals surface area contributed by atoms with Gasteiger partial charge in [0.05, 0.1) is 18.3 Å². The standard InChI is InChI=1S/C21H16ClN3O4/c22-17-9-5-15(6-10-17)13-25-11-1-2-18(20(25)27)19(26)24-23-12-14-3-7-16(8-4-14)21(28)29/h1-12H,13H2,(H,24,26)(H,28,29)/b23-12-. The molecule has 0 saturated heterocycles. The van der Waals surface area contributed by atoms with E-state index in [0.717, 1.165) is 5.56 Å². The molecule has 29 heavy (non-hydrogen) atoms. The van der Waals surface area contributed by atoms with Gasteiger partial charge in [0.25, 0.3) is 11.5 Å². The van der Waals surface area contributed by atoms with E-state index in [0.29, 0.717) is 17.1 Å². The van der Waals surface area contributed by atoms with Crippen molar-refractivity contribution in [1.29, 1.82) is 0 Å². The van der Waals surface area contributed by atoms with Crippen LogP contribution in [0.3, 0.4) is 0 Å². The maximum absolute atomic E-state index is 12.6. The summed E-state index contributed by atoms with van der Waals surface area (Å²) in [5.74, 6) is -1.67. The van der Waals surface area contributed by atoms with Crippen LogP contribution >= 0.6 is 11.6 Å². The molecule has 2 N–H and O–H groups in total. The van der Waals surface area contributed by atoms with Gasteiger partial charge in [-0.2, -0.15) is 5.10 Å². The Labute approximate surface area is 170 Å². The molecule has 0 aliphatic rings. The molecule has 1 heterocycles. The number of aromatic nitrogens is 1. The van der Waals surface area contributed by atoms with Crippen LogP contribution in [0.2, 0.25) is 5.02 Å². The molecule has 0 aliphatic heterocycles. The number of nitrogens with zero attached hydrogens (tertiary/aromatic N) is 2. The Morgan fingerprint density at radius 2 is 1.76 bits per heavy atom. The van der Waals surface area contributed by atoms with Crippen molar-refractivity contribution >= 4 is 29.7 Å². The fourth-order valence-corrected chi connectivity index (χ4v) is 2.68. The Morgan fingerprint density at radius 3 is 2.41 bits per heavy atom. The molecule has 7 nitrogen and oxygen atoms in total. The molecule has 0 spiro atoms. The number of nitrogens with one attached hydrogen (secondary N) is 1. The molecule has 0 aliphatic carbocycles. The molecule has 146 valence electrons. The van der Waals surface area contributed by atoms with E-state index in [9.17, 15) is 14.4 Å². The summed E-state index contributed by atoms with van der Waals surface area (Å²) in [6.07, 6.45) is 2.96. The van der Waals surface area contributed by atoms with Gasteiger partial charge in [0.2, 0.25) is 0 Å². The minimum atomic E-state index is -1.03. The summed E-state index contributed by atoms with van der Waals surface area (Å²) in [7, 11) is 0. The van der Waals surface area contributed by atoms with Gasteiger partial charge in [-0.05, 0) is 47.5 Å². The van der Waals surface area contributed by atoms with E-state index < -0.39 is 17.4 Å². The van der Waals surface area contributed by atoms with Crippen molar-refractivity contribution in [3.8, 4) is 0 Å². The SMILES string of the molecule is O=C(O)c1ccc(/C=N\NC(=O)c2cccn(Cc3ccc(Cl)cc3)c2=O)cc1. The highest BCUT2D eigenvalue weighted by molar-refractivity contribution is 6.30. The van der Waals surface area contributed by atoms with Crippen molar-refractivity contribution in [3.05, 3.63) is 104 Å². The number of hydrogen-bond donors (Lipinski definition) is 2. The van der Waals surface area contributed by atoms with Crippen LogP contribution in [-0.4, -0.2) is 27.8 Å². The first-order chi connectivity index (χ1) is 13.9. The summed E-state index contributed by atoms with van der Waals surface area (Å²) in [6, 6.07) is 16.1. The van der Waals surface area contributed by atoms with Crippen LogP contribution in [0.4, 0.5) is 0 Å². The first-order valence-electron chi connectivity index (χ1n) is 8.55. The highest BCUT2D eigenvalue weighted by Crippen LogP contribution is 2.10. The van der Waals surface area contributed by atoms with Gasteiger partial charge in [-0.3, -0.25) is 9.59 Å². The third kappa shape index (κ3) is 5.18. The van der Waals surface area contributed by atoms with E-state index in [1.54, 1.807) is 48.7 Å². The zero-order valence-corrected chi connectivity index (χ0v) is 15.8. The summed E-state index contributed by atoms with van der Waals surface area (Å²) in [6.45, 7) is 0.302. The van der Waals surface area contributed by atoms with Crippen molar-refractivity contribution in [2.75, 3.05) is 0 Å². The first-order valence-corrected chi connectivity index (χ1v) is 8.92. The zero-order valence-electron chi connectivity index (χ0n) is 15.1. The highest BCUT2D eigenvalue weighted by Gasteiger charge is 2.11. The molecule has 3 rings (SSSR count). The minimum Gasteiger partial charge on any atom is -0.478 e. The lowest BCUT2D eigenvalue weighted by Gasteiger charge is -2.08. The maximum atomic E-state index is 12.6. The van der Waals surface area contributed by atoms with Crippen molar-refractivity contribution < 1.29 is 14.7 Å². The molecule has 0 saturated carbocycles. The third-order valence-electron chi connectivity index (χ3n) is 4.07. The summed E-state index contributed by atoms with van der Waals surface area (Å²) in [5.41, 5.74) is 3.44. The number of rotatable bonds is 6. The second kappa shape index (κ2) is 8.99. The van der Waals surface area contributed by atoms with Crippen LogP contribution in [0.1, 0.15) is 31.8 Å². The van der Waals surface area contributed by atoms with Crippen LogP contribution in [-0.2, 0) is 6.54 Å². The molecular weight excluding hydrogens is 394 g/mol. The van der Waals surface area contributed by atoms with Gasteiger partial charge >= 0.3 is 5.97 Å². The lowest BCUT2D eigenvalue weighted by atomic mass is 10.1. The average molecular weight is 410 g/mol. The van der Waals surface area contributed by atoms with E-state index >= 15 is 0 Å². The normalized spacial score (nSPS) is 10.8. The van der Waals surface area contributed by atoms with E-state index in [4.69, 9.17) is 16.7 Å². The number of hydrogen-bond acceptors (Lipinski definition) is 4. The molecular formula is C21H16ClN3O4. The number of amides is 1. The fraction of sp³-hybridized carbons (Fsp3) is 0.0476. The number of aromatic carboxylic acids is 1. The molecule has 1 aromatic heterocycles. The molecule has 1 amide bonds. The highest BCUT2D eigenvalue weighted by atomic mass is 35.5. The number of benzene rings is 2. The van der Waals surface area contributed by atoms with Crippen LogP contribution in [0.5, 0.6) is 0 Å². The molecule has 0 bridgehead atoms. The first kappa shape index (κ1) is 20.0. The van der Waals surface area contributed by atoms with E-state index in [1.807, 2.05) is 0 Å². The van der Waals surface area contributed by atoms with Crippen molar-refractivity contribution in [2.24, 2.45) is 5.10 Å². The summed E-state index contributed by atoms with van der Waals surface area (Å²) in [4.78, 5) is 35.7. The average Bonchev–Trinajstić information content (AvgIpc) is 2.71. The Balaban J connectivity index is 1.69. The van der Waals surface area contributed by atoms with Gasteiger partial charge in [-0.25, -0.2) is 10.2 Å². The lowest BCUT2D eigenvalue weighted by Crippen LogP contribution is -2.30. The van der Waals surface area contributed by atoms with Crippen LogP contribution in [0.15, 0.2) is 76.8 Å². The zero-order chi connectivity index (χ0) is 20.8. The van der Waals surface area contributed by atoms with Gasteiger partial charge in [0.1, 0.15) is 5.56 Å². The van der Waals surface area contributed by atoms with Crippen molar-refractivity contribution in [2.45, 2.75) is 6.54 Å². The molecule has 0 radical (unpaired) electrons. The summed E-state index contributed by atoms with van der Waals surface area (Å²) >= 11 is 5.87. The van der Waals surface area contributed by atoms with Crippen LogP contribution in [0, 0.1) is 0 Å². The van der Waals surface area contributed by atoms with Gasteiger partial charge in [0, 0.05) is 11.2 Å². The quantitative estimate of drug-likeness (QED) is 0.482. The molecule has 0 atom stereocenters. The van der Waals surface area contributed by atoms with Crippen molar-refractivity contribution in [1.82, 2.24) is 9.99 Å². The monoisotopic (exact) mass is 409 g/mol. The number of carbonyl (C=O) groups excluding carboxylic acids is 1. The molecule has 0 unspecified atom stereocenters. The van der Waals surface area contributed by atoms with Gasteiger partial charge in [-0.1, -0.05) is 35.9 Å². The number of hydrazone groups is 1. The second-order valence-electron chi connectivity index (χ2n) is 6.11. The Bertz CT molecular complexity index is 1120. The number of carbonyl (C=O) groups is 2. The topological polar surface area (TPSA) is 101 Å². The number of halogens is 1. The number of carboxylic acids is 1. The van der Waals surface area contributed by atoms with Crippen molar-refractivity contribution in [3.63, 3.8) is 0 Å². The van der Waals surface area contributed by atoms with E-state index in [-0.39, 0.29) is 11.1 Å². The van der Waals surface area contributed by atoms with E-state index in [2.05, 4.69) is 10.5 Å². The Hall–Kier alpha value is -3.71. The molecule has 3 aromatic rings. The van der Waals surface area contributed by atoms with Crippen LogP contribution in [0.25, 0.3) is 0 Å². The van der Waals surface area contributed by atoms with Gasteiger partial charge in [-0.15, -0.1) is 0 Å². The number of pyridine rings is 1. The Morgan fingerprint density at radius 1 is 1.07 bits per heavy atom. The molecule has 0 fully saturated rings. The molecule has 8 heteroatoms. The smallest absolute Gasteiger partial charge is 0.335 e. The van der Waals surface area contributed by atoms with Gasteiger partial charge < -0.3 is 9.67 Å². The lowest BCUT2D eigenvalue weighted by molar-refractivity contribution is 0.0696. The second-order valence-corrected chi connectivity index (χ2v) is 6.54.